The molecule has 0 fully saturated rings. The van der Waals surface area contributed by atoms with Crippen LogP contribution in [0.3, 0.4) is 0 Å². The van der Waals surface area contributed by atoms with Crippen LogP contribution >= 0.6 is 0 Å². The molecule has 0 aliphatic carbocycles. The van der Waals surface area contributed by atoms with Crippen LogP contribution in [-0.2, 0) is 4.74 Å². The number of hydrogen-bond donors (Lipinski definition) is 0. The zero-order valence-electron chi connectivity index (χ0n) is 13.2. The highest BCUT2D eigenvalue weighted by Gasteiger charge is 2.21. The molecule has 0 aliphatic heterocycles. The number of esters is 1. The summed E-state index contributed by atoms with van der Waals surface area (Å²) in [6.07, 6.45) is 1.75. The van der Waals surface area contributed by atoms with Gasteiger partial charge in [-0.05, 0) is 49.7 Å². The van der Waals surface area contributed by atoms with Gasteiger partial charge in [0.05, 0.1) is 12.3 Å². The van der Waals surface area contributed by atoms with Crippen molar-refractivity contribution < 1.29 is 13.9 Å². The number of pyridine rings is 1. The van der Waals surface area contributed by atoms with Crippen molar-refractivity contribution in [2.24, 2.45) is 10.2 Å². The maximum absolute atomic E-state index is 13.0. The summed E-state index contributed by atoms with van der Waals surface area (Å²) < 4.78 is 19.7. The highest BCUT2D eigenvalue weighted by atomic mass is 19.1. The molecule has 2 heterocycles. The average Bonchev–Trinajstić information content (AvgIpc) is 2.95. The van der Waals surface area contributed by atoms with Gasteiger partial charge in [0.15, 0.2) is 11.5 Å². The Labute approximate surface area is 137 Å². The van der Waals surface area contributed by atoms with Crippen LogP contribution in [0.15, 0.2) is 52.8 Å². The number of aromatic nitrogens is 2. The smallest absolute Gasteiger partial charge is 0.360 e. The number of benzene rings is 1. The van der Waals surface area contributed by atoms with Crippen LogP contribution in [-0.4, -0.2) is 22.0 Å². The number of imidazole rings is 1. The molecule has 0 saturated carbocycles. The largest absolute Gasteiger partial charge is 0.461 e. The number of aryl methyl sites for hydroxylation is 1. The minimum atomic E-state index is -0.561. The fourth-order valence-corrected chi connectivity index (χ4v) is 2.24. The van der Waals surface area contributed by atoms with Crippen LogP contribution in [0.4, 0.5) is 15.9 Å². The van der Waals surface area contributed by atoms with Crippen molar-refractivity contribution in [2.45, 2.75) is 13.8 Å². The van der Waals surface area contributed by atoms with Crippen LogP contribution in [0.25, 0.3) is 5.65 Å². The molecule has 3 rings (SSSR count). The van der Waals surface area contributed by atoms with Crippen molar-refractivity contribution in [3.63, 3.8) is 0 Å². The summed E-state index contributed by atoms with van der Waals surface area (Å²) in [4.78, 5) is 16.5. The minimum Gasteiger partial charge on any atom is -0.461 e. The Morgan fingerprint density at radius 1 is 1.25 bits per heavy atom. The molecule has 0 bridgehead atoms. The van der Waals surface area contributed by atoms with Crippen LogP contribution in [0.2, 0.25) is 0 Å². The Kier molecular flexibility index (Phi) is 4.33. The molecule has 0 spiro atoms. The molecule has 6 nitrogen and oxygen atoms in total. The summed E-state index contributed by atoms with van der Waals surface area (Å²) in [5, 5.41) is 8.20. The molecule has 1 aromatic carbocycles. The third-order valence-corrected chi connectivity index (χ3v) is 3.38. The van der Waals surface area contributed by atoms with Crippen molar-refractivity contribution in [2.75, 3.05) is 6.61 Å². The topological polar surface area (TPSA) is 68.3 Å². The third kappa shape index (κ3) is 3.01. The number of fused-ring (bicyclic) bond motifs is 1. The van der Waals surface area contributed by atoms with E-state index in [0.29, 0.717) is 11.3 Å². The SMILES string of the molecule is CCOC(=O)c1nc2c(C)cccn2c1N=Nc1ccc(F)cc1. The van der Waals surface area contributed by atoms with Crippen molar-refractivity contribution in [3.8, 4) is 0 Å². The second-order valence-electron chi connectivity index (χ2n) is 5.07. The molecular weight excluding hydrogens is 311 g/mol. The van der Waals surface area contributed by atoms with Crippen molar-refractivity contribution in [1.82, 2.24) is 9.38 Å². The number of carbonyl (C=O) groups is 1. The van der Waals surface area contributed by atoms with Crippen molar-refractivity contribution in [3.05, 3.63) is 59.7 Å². The van der Waals surface area contributed by atoms with Gasteiger partial charge in [-0.2, -0.15) is 0 Å². The quantitative estimate of drug-likeness (QED) is 0.528. The molecule has 2 aromatic heterocycles. The Morgan fingerprint density at radius 3 is 2.71 bits per heavy atom. The molecule has 0 unspecified atom stereocenters. The summed E-state index contributed by atoms with van der Waals surface area (Å²) in [6, 6.07) is 9.29. The lowest BCUT2D eigenvalue weighted by Gasteiger charge is -2.00. The van der Waals surface area contributed by atoms with Gasteiger partial charge in [0.1, 0.15) is 11.5 Å². The Hall–Kier alpha value is -3.09. The van der Waals surface area contributed by atoms with E-state index in [9.17, 15) is 9.18 Å². The summed E-state index contributed by atoms with van der Waals surface area (Å²) in [6.45, 7) is 3.84. The van der Waals surface area contributed by atoms with Crippen molar-refractivity contribution >= 4 is 23.1 Å². The molecule has 3 aromatic rings. The lowest BCUT2D eigenvalue weighted by atomic mass is 10.3. The van der Waals surface area contributed by atoms with Gasteiger partial charge in [-0.1, -0.05) is 6.07 Å². The molecule has 122 valence electrons. The molecule has 0 atom stereocenters. The lowest BCUT2D eigenvalue weighted by Crippen LogP contribution is -2.05. The second kappa shape index (κ2) is 6.57. The van der Waals surface area contributed by atoms with Crippen LogP contribution in [0.5, 0.6) is 0 Å². The van der Waals surface area contributed by atoms with Gasteiger partial charge in [0.2, 0.25) is 0 Å². The van der Waals surface area contributed by atoms with E-state index >= 15 is 0 Å². The highest BCUT2D eigenvalue weighted by Crippen LogP contribution is 2.26. The number of ether oxygens (including phenoxy) is 1. The summed E-state index contributed by atoms with van der Waals surface area (Å²) in [5.41, 5.74) is 2.06. The minimum absolute atomic E-state index is 0.0945. The number of carbonyl (C=O) groups excluding carboxylic acids is 1. The van der Waals surface area contributed by atoms with E-state index in [1.807, 2.05) is 19.1 Å². The summed E-state index contributed by atoms with van der Waals surface area (Å²) in [5.74, 6) is -0.642. The van der Waals surface area contributed by atoms with Crippen molar-refractivity contribution in [1.29, 1.82) is 0 Å². The van der Waals surface area contributed by atoms with E-state index in [2.05, 4.69) is 15.2 Å². The first-order chi connectivity index (χ1) is 11.6. The zero-order chi connectivity index (χ0) is 17.1. The number of rotatable bonds is 4. The third-order valence-electron chi connectivity index (χ3n) is 3.38. The first-order valence-electron chi connectivity index (χ1n) is 7.42. The van der Waals surface area contributed by atoms with Gasteiger partial charge in [-0.3, -0.25) is 4.40 Å². The summed E-state index contributed by atoms with van der Waals surface area (Å²) in [7, 11) is 0. The van der Waals surface area contributed by atoms with E-state index < -0.39 is 5.97 Å². The zero-order valence-corrected chi connectivity index (χ0v) is 13.2. The lowest BCUT2D eigenvalue weighted by molar-refractivity contribution is 0.0521. The molecular formula is C17H15FN4O2. The number of nitrogens with zero attached hydrogens (tertiary/aromatic N) is 4. The van der Waals surface area contributed by atoms with E-state index in [1.165, 1.54) is 24.3 Å². The average molecular weight is 326 g/mol. The van der Waals surface area contributed by atoms with Gasteiger partial charge in [-0.25, -0.2) is 14.2 Å². The first kappa shape index (κ1) is 15.8. The number of hydrogen-bond acceptors (Lipinski definition) is 5. The maximum Gasteiger partial charge on any atom is 0.360 e. The molecule has 7 heteroatoms. The Morgan fingerprint density at radius 2 is 2.00 bits per heavy atom. The maximum atomic E-state index is 13.0. The normalized spacial score (nSPS) is 11.3. The van der Waals surface area contributed by atoms with E-state index in [1.54, 1.807) is 17.5 Å². The van der Waals surface area contributed by atoms with Crippen LogP contribution in [0, 0.1) is 12.7 Å². The standard InChI is InChI=1S/C17H15FN4O2/c1-3-24-17(23)14-16(21-20-13-8-6-12(18)7-9-13)22-10-4-5-11(2)15(22)19-14/h4-10H,3H2,1-2H3. The Balaban J connectivity index is 2.10. The fourth-order valence-electron chi connectivity index (χ4n) is 2.24. The fraction of sp³-hybridized carbons (Fsp3) is 0.176. The van der Waals surface area contributed by atoms with Gasteiger partial charge in [0, 0.05) is 6.20 Å². The molecule has 0 saturated heterocycles. The van der Waals surface area contributed by atoms with E-state index in [0.717, 1.165) is 5.56 Å². The molecule has 0 radical (unpaired) electrons. The van der Waals surface area contributed by atoms with E-state index in [4.69, 9.17) is 4.74 Å². The van der Waals surface area contributed by atoms with Gasteiger partial charge >= 0.3 is 5.97 Å². The number of azo groups is 1. The van der Waals surface area contributed by atoms with E-state index in [-0.39, 0.29) is 23.9 Å². The van der Waals surface area contributed by atoms with Gasteiger partial charge in [0.25, 0.3) is 0 Å². The summed E-state index contributed by atoms with van der Waals surface area (Å²) >= 11 is 0. The van der Waals surface area contributed by atoms with Gasteiger partial charge in [-0.15, -0.1) is 10.2 Å². The predicted octanol–water partition coefficient (Wildman–Crippen LogP) is 4.37. The predicted molar refractivity (Wildman–Crippen MR) is 86.5 cm³/mol. The molecule has 0 aliphatic rings. The first-order valence-corrected chi connectivity index (χ1v) is 7.42. The number of halogens is 1. The van der Waals surface area contributed by atoms with Crippen LogP contribution in [0.1, 0.15) is 23.0 Å². The van der Waals surface area contributed by atoms with Gasteiger partial charge < -0.3 is 4.74 Å². The van der Waals surface area contributed by atoms with Crippen LogP contribution < -0.4 is 0 Å². The molecule has 0 amide bonds. The Bertz CT molecular complexity index is 916. The monoisotopic (exact) mass is 326 g/mol. The highest BCUT2D eigenvalue weighted by molar-refractivity contribution is 5.93. The molecule has 24 heavy (non-hydrogen) atoms. The second-order valence-corrected chi connectivity index (χ2v) is 5.07. The molecule has 0 N–H and O–H groups in total.